The topological polar surface area (TPSA) is 107 Å². The number of hydrogen-bond acceptors (Lipinski definition) is 9. The molecular weight excluding hydrogens is 468 g/mol. The van der Waals surface area contributed by atoms with Crippen LogP contribution in [-0.2, 0) is 10.8 Å². The van der Waals surface area contributed by atoms with Crippen molar-refractivity contribution in [3.63, 3.8) is 0 Å². The Morgan fingerprint density at radius 2 is 0.889 bits per heavy atom. The Balaban J connectivity index is 2.64. The summed E-state index contributed by atoms with van der Waals surface area (Å²) in [5.41, 5.74) is 0.643. The monoisotopic (exact) mass is 502 g/mol. The van der Waals surface area contributed by atoms with Crippen LogP contribution < -0.4 is 28.4 Å². The molecule has 0 fully saturated rings. The number of aldehydes is 2. The second-order valence-corrected chi connectivity index (χ2v) is 10.0. The maximum atomic E-state index is 12.9. The number of hydrogen-bond donors (Lipinski definition) is 0. The van der Waals surface area contributed by atoms with Crippen molar-refractivity contribution in [3.05, 3.63) is 34.4 Å². The van der Waals surface area contributed by atoms with Crippen LogP contribution in [0.4, 0.5) is 4.79 Å². The van der Waals surface area contributed by atoms with Gasteiger partial charge in [0.1, 0.15) is 0 Å². The molecule has 0 N–H and O–H groups in total. The maximum absolute atomic E-state index is 12.9. The third kappa shape index (κ3) is 5.56. The summed E-state index contributed by atoms with van der Waals surface area (Å²) in [5, 5.41) is 0. The predicted octanol–water partition coefficient (Wildman–Crippen LogP) is 5.52. The second kappa shape index (κ2) is 10.9. The average Bonchev–Trinajstić information content (AvgIpc) is 2.81. The zero-order valence-corrected chi connectivity index (χ0v) is 22.5. The standard InChI is InChI=1S/C27H34O9/c1-26(2,3)17-11-15(13-28)19(23(33-9)21(17)31-7)35-25(30)36-20-16(14-29)12-18(27(4,5)6)22(32-8)24(20)34-10/h11-14H,1-10H3. The minimum atomic E-state index is -1.23. The smallest absolute Gasteiger partial charge is 0.492 e. The lowest BCUT2D eigenvalue weighted by molar-refractivity contribution is 0.111. The van der Waals surface area contributed by atoms with Crippen LogP contribution in [0.25, 0.3) is 0 Å². The molecule has 0 saturated carbocycles. The molecule has 0 aromatic heterocycles. The van der Waals surface area contributed by atoms with E-state index in [2.05, 4.69) is 0 Å². The molecule has 0 amide bonds. The van der Waals surface area contributed by atoms with E-state index < -0.39 is 17.0 Å². The molecule has 0 aliphatic rings. The normalized spacial score (nSPS) is 11.4. The zero-order chi connectivity index (χ0) is 27.4. The third-order valence-electron chi connectivity index (χ3n) is 5.50. The number of benzene rings is 2. The molecule has 0 spiro atoms. The Kier molecular flexibility index (Phi) is 8.62. The summed E-state index contributed by atoms with van der Waals surface area (Å²) in [4.78, 5) is 36.8. The van der Waals surface area contributed by atoms with Crippen LogP contribution in [0.3, 0.4) is 0 Å². The van der Waals surface area contributed by atoms with E-state index in [1.165, 1.54) is 28.4 Å². The van der Waals surface area contributed by atoms with E-state index in [-0.39, 0.29) is 34.1 Å². The van der Waals surface area contributed by atoms with Crippen molar-refractivity contribution in [1.82, 2.24) is 0 Å². The second-order valence-electron chi connectivity index (χ2n) is 10.0. The fourth-order valence-corrected chi connectivity index (χ4v) is 3.75. The molecule has 2 aromatic rings. The molecule has 0 saturated heterocycles. The Morgan fingerprint density at radius 3 is 1.11 bits per heavy atom. The van der Waals surface area contributed by atoms with Gasteiger partial charge >= 0.3 is 6.16 Å². The van der Waals surface area contributed by atoms with Crippen molar-refractivity contribution in [2.75, 3.05) is 28.4 Å². The van der Waals surface area contributed by atoms with Crippen LogP contribution >= 0.6 is 0 Å². The number of carbonyl (C=O) groups is 3. The Labute approximate surface area is 211 Å². The lowest BCUT2D eigenvalue weighted by atomic mass is 9.85. The lowest BCUT2D eigenvalue weighted by Crippen LogP contribution is -2.20. The van der Waals surface area contributed by atoms with Gasteiger partial charge in [-0.3, -0.25) is 9.59 Å². The Morgan fingerprint density at radius 1 is 0.583 bits per heavy atom. The van der Waals surface area contributed by atoms with Crippen molar-refractivity contribution in [1.29, 1.82) is 0 Å². The molecule has 0 aliphatic heterocycles. The van der Waals surface area contributed by atoms with Crippen molar-refractivity contribution in [2.45, 2.75) is 52.4 Å². The largest absolute Gasteiger partial charge is 0.519 e. The molecule has 9 heteroatoms. The fraction of sp³-hybridized carbons (Fsp3) is 0.444. The van der Waals surface area contributed by atoms with Gasteiger partial charge in [0.2, 0.25) is 11.5 Å². The number of carbonyl (C=O) groups excluding carboxylic acids is 3. The molecule has 0 radical (unpaired) electrons. The van der Waals surface area contributed by atoms with Crippen LogP contribution in [0.15, 0.2) is 12.1 Å². The van der Waals surface area contributed by atoms with Crippen LogP contribution in [0.5, 0.6) is 34.5 Å². The van der Waals surface area contributed by atoms with Gasteiger partial charge in [-0.15, -0.1) is 0 Å². The van der Waals surface area contributed by atoms with Crippen LogP contribution in [0.1, 0.15) is 73.4 Å². The number of ether oxygens (including phenoxy) is 6. The van der Waals surface area contributed by atoms with E-state index in [4.69, 9.17) is 28.4 Å². The highest BCUT2D eigenvalue weighted by Crippen LogP contribution is 2.48. The van der Waals surface area contributed by atoms with Crippen molar-refractivity contribution < 1.29 is 42.8 Å². The molecule has 9 nitrogen and oxygen atoms in total. The summed E-state index contributed by atoms with van der Waals surface area (Å²) in [5.74, 6) is 0.334. The summed E-state index contributed by atoms with van der Waals surface area (Å²) in [6.45, 7) is 11.6. The maximum Gasteiger partial charge on any atom is 0.519 e. The molecule has 196 valence electrons. The minimum absolute atomic E-state index is 0.0483. The van der Waals surface area contributed by atoms with Gasteiger partial charge < -0.3 is 28.4 Å². The van der Waals surface area contributed by atoms with Crippen LogP contribution in [0, 0.1) is 0 Å². The summed E-state index contributed by atoms with van der Waals surface area (Å²) in [7, 11) is 5.61. The molecular formula is C27H34O9. The minimum Gasteiger partial charge on any atom is -0.492 e. The van der Waals surface area contributed by atoms with Crippen molar-refractivity contribution in [2.24, 2.45) is 0 Å². The van der Waals surface area contributed by atoms with Gasteiger partial charge in [0.25, 0.3) is 0 Å². The van der Waals surface area contributed by atoms with E-state index in [9.17, 15) is 14.4 Å². The first-order chi connectivity index (χ1) is 16.8. The van der Waals surface area contributed by atoms with Gasteiger partial charge in [-0.1, -0.05) is 41.5 Å². The van der Waals surface area contributed by atoms with Gasteiger partial charge in [0.05, 0.1) is 39.6 Å². The molecule has 0 heterocycles. The van der Waals surface area contributed by atoms with E-state index >= 15 is 0 Å². The number of rotatable bonds is 8. The van der Waals surface area contributed by atoms with E-state index in [1.807, 2.05) is 41.5 Å². The number of methoxy groups -OCH3 is 4. The van der Waals surface area contributed by atoms with E-state index in [1.54, 1.807) is 12.1 Å². The zero-order valence-electron chi connectivity index (χ0n) is 22.5. The lowest BCUT2D eigenvalue weighted by Gasteiger charge is -2.26. The van der Waals surface area contributed by atoms with Crippen LogP contribution in [-0.4, -0.2) is 47.2 Å². The van der Waals surface area contributed by atoms with Gasteiger partial charge in [0, 0.05) is 11.1 Å². The third-order valence-corrected chi connectivity index (χ3v) is 5.50. The first-order valence-corrected chi connectivity index (χ1v) is 11.2. The highest BCUT2D eigenvalue weighted by Gasteiger charge is 2.31. The summed E-state index contributed by atoms with van der Waals surface area (Å²) in [6, 6.07) is 3.13. The first kappa shape index (κ1) is 28.5. The van der Waals surface area contributed by atoms with Crippen molar-refractivity contribution >= 4 is 18.7 Å². The highest BCUT2D eigenvalue weighted by molar-refractivity contribution is 5.88. The molecule has 0 aliphatic carbocycles. The summed E-state index contributed by atoms with van der Waals surface area (Å²) >= 11 is 0. The van der Waals surface area contributed by atoms with Crippen LogP contribution in [0.2, 0.25) is 0 Å². The predicted molar refractivity (Wildman–Crippen MR) is 134 cm³/mol. The van der Waals surface area contributed by atoms with Crippen molar-refractivity contribution in [3.8, 4) is 34.5 Å². The summed E-state index contributed by atoms with van der Waals surface area (Å²) < 4.78 is 32.8. The summed E-state index contributed by atoms with van der Waals surface area (Å²) in [6.07, 6.45) is -0.148. The molecule has 36 heavy (non-hydrogen) atoms. The van der Waals surface area contributed by atoms with Gasteiger partial charge in [-0.25, -0.2) is 4.79 Å². The fourth-order valence-electron chi connectivity index (χ4n) is 3.75. The Hall–Kier alpha value is -3.75. The van der Waals surface area contributed by atoms with Gasteiger partial charge in [0.15, 0.2) is 35.6 Å². The first-order valence-electron chi connectivity index (χ1n) is 11.2. The molecule has 2 rings (SSSR count). The average molecular weight is 503 g/mol. The molecule has 0 bridgehead atoms. The van der Waals surface area contributed by atoms with Gasteiger partial charge in [-0.2, -0.15) is 0 Å². The quantitative estimate of drug-likeness (QED) is 0.262. The molecule has 0 atom stereocenters. The van der Waals surface area contributed by atoms with E-state index in [0.717, 1.165) is 0 Å². The molecule has 0 unspecified atom stereocenters. The Bertz CT molecular complexity index is 1060. The SMILES string of the molecule is COc1c(C(C)(C)C)cc(C=O)c(OC(=O)Oc2c(C=O)cc(C(C)(C)C)c(OC)c2OC)c1OC. The van der Waals surface area contributed by atoms with E-state index in [0.29, 0.717) is 35.2 Å². The highest BCUT2D eigenvalue weighted by atomic mass is 16.7. The van der Waals surface area contributed by atoms with Gasteiger partial charge in [-0.05, 0) is 23.0 Å². The molecule has 2 aromatic carbocycles.